The summed E-state index contributed by atoms with van der Waals surface area (Å²) in [5.74, 6) is 1.15. The molecular weight excluding hydrogens is 288 g/mol. The molecule has 4 nitrogen and oxygen atoms in total. The minimum absolute atomic E-state index is 0.00122. The zero-order chi connectivity index (χ0) is 16.1. The average Bonchev–Trinajstić information content (AvgIpc) is 3.44. The lowest BCUT2D eigenvalue weighted by atomic mass is 10.1. The van der Waals surface area contributed by atoms with E-state index in [-0.39, 0.29) is 18.6 Å². The number of para-hydroxylation sites is 1. The Morgan fingerprint density at radius 3 is 2.57 bits per heavy atom. The third kappa shape index (κ3) is 4.33. The molecule has 1 fully saturated rings. The third-order valence-corrected chi connectivity index (χ3v) is 4.09. The number of hydrogen-bond acceptors (Lipinski definition) is 3. The van der Waals surface area contributed by atoms with Gasteiger partial charge in [0, 0.05) is 18.2 Å². The van der Waals surface area contributed by atoms with Gasteiger partial charge in [-0.05, 0) is 30.4 Å². The maximum atomic E-state index is 11.9. The monoisotopic (exact) mass is 310 g/mol. The fourth-order valence-corrected chi connectivity index (χ4v) is 2.57. The van der Waals surface area contributed by atoms with Crippen LogP contribution in [0.1, 0.15) is 12.8 Å². The van der Waals surface area contributed by atoms with Crippen molar-refractivity contribution in [1.29, 1.82) is 0 Å². The van der Waals surface area contributed by atoms with Crippen molar-refractivity contribution in [2.45, 2.75) is 18.9 Å². The molecule has 1 unspecified atom stereocenters. The summed E-state index contributed by atoms with van der Waals surface area (Å²) in [6.45, 7) is 0.522. The normalized spacial score (nSPS) is 15.0. The largest absolute Gasteiger partial charge is 0.483 e. The van der Waals surface area contributed by atoms with Crippen molar-refractivity contribution in [3.63, 3.8) is 0 Å². The fraction of sp³-hybridized carbons (Fsp3) is 0.316. The van der Waals surface area contributed by atoms with Gasteiger partial charge in [-0.25, -0.2) is 0 Å². The molecule has 2 aromatic carbocycles. The van der Waals surface area contributed by atoms with E-state index < -0.39 is 0 Å². The molecule has 0 aromatic heterocycles. The second-order valence-corrected chi connectivity index (χ2v) is 5.96. The summed E-state index contributed by atoms with van der Waals surface area (Å²) in [5.41, 5.74) is 8.03. The highest BCUT2D eigenvalue weighted by Crippen LogP contribution is 2.31. The van der Waals surface area contributed by atoms with Gasteiger partial charge in [0.05, 0.1) is 0 Å². The van der Waals surface area contributed by atoms with Crippen LogP contribution in [0.2, 0.25) is 0 Å². The van der Waals surface area contributed by atoms with Crippen LogP contribution < -0.4 is 15.8 Å². The minimum Gasteiger partial charge on any atom is -0.483 e. The van der Waals surface area contributed by atoms with Crippen LogP contribution in [-0.4, -0.2) is 25.1 Å². The van der Waals surface area contributed by atoms with Crippen molar-refractivity contribution in [3.05, 3.63) is 54.6 Å². The van der Waals surface area contributed by atoms with E-state index in [1.54, 1.807) is 0 Å². The summed E-state index contributed by atoms with van der Waals surface area (Å²) in [4.78, 5) is 11.9. The molecule has 3 N–H and O–H groups in total. The molecule has 1 aliphatic carbocycles. The average molecular weight is 310 g/mol. The Labute approximate surface area is 136 Å². The molecule has 120 valence electrons. The van der Waals surface area contributed by atoms with Crippen molar-refractivity contribution < 1.29 is 9.53 Å². The fourth-order valence-electron chi connectivity index (χ4n) is 2.57. The molecule has 1 atom stereocenters. The van der Waals surface area contributed by atoms with Crippen molar-refractivity contribution in [3.8, 4) is 16.9 Å². The van der Waals surface area contributed by atoms with Crippen LogP contribution in [0.5, 0.6) is 5.75 Å². The number of nitrogens with two attached hydrogens (primary N) is 1. The van der Waals surface area contributed by atoms with E-state index >= 15 is 0 Å². The maximum Gasteiger partial charge on any atom is 0.257 e. The quantitative estimate of drug-likeness (QED) is 0.826. The van der Waals surface area contributed by atoms with E-state index in [0.717, 1.165) is 11.1 Å². The Morgan fingerprint density at radius 2 is 1.83 bits per heavy atom. The van der Waals surface area contributed by atoms with E-state index in [1.807, 2.05) is 54.6 Å². The second-order valence-electron chi connectivity index (χ2n) is 5.96. The van der Waals surface area contributed by atoms with Gasteiger partial charge in [0.2, 0.25) is 0 Å². The Kier molecular flexibility index (Phi) is 4.93. The first-order valence-electron chi connectivity index (χ1n) is 8.03. The molecular formula is C19H22N2O2. The van der Waals surface area contributed by atoms with E-state index in [2.05, 4.69) is 5.32 Å². The van der Waals surface area contributed by atoms with E-state index in [0.29, 0.717) is 18.2 Å². The van der Waals surface area contributed by atoms with E-state index in [4.69, 9.17) is 10.5 Å². The van der Waals surface area contributed by atoms with Crippen molar-refractivity contribution in [1.82, 2.24) is 5.32 Å². The summed E-state index contributed by atoms with van der Waals surface area (Å²) >= 11 is 0. The summed E-state index contributed by atoms with van der Waals surface area (Å²) in [6.07, 6.45) is 2.36. The molecule has 0 spiro atoms. The SMILES string of the molecule is NC(CNC(=O)COc1ccccc1-c1ccccc1)C1CC1. The molecule has 3 rings (SSSR count). The molecule has 0 radical (unpaired) electrons. The van der Waals surface area contributed by atoms with Gasteiger partial charge in [-0.1, -0.05) is 48.5 Å². The van der Waals surface area contributed by atoms with E-state index in [1.165, 1.54) is 12.8 Å². The van der Waals surface area contributed by atoms with Crippen LogP contribution in [0.4, 0.5) is 0 Å². The number of hydrogen-bond donors (Lipinski definition) is 2. The first kappa shape index (κ1) is 15.6. The molecule has 0 aliphatic heterocycles. The second kappa shape index (κ2) is 7.29. The lowest BCUT2D eigenvalue weighted by Gasteiger charge is -2.14. The molecule has 0 bridgehead atoms. The zero-order valence-corrected chi connectivity index (χ0v) is 13.1. The molecule has 23 heavy (non-hydrogen) atoms. The molecule has 1 saturated carbocycles. The Balaban J connectivity index is 1.56. The number of carbonyl (C=O) groups excluding carboxylic acids is 1. The lowest BCUT2D eigenvalue weighted by Crippen LogP contribution is -2.40. The van der Waals surface area contributed by atoms with Crippen LogP contribution >= 0.6 is 0 Å². The van der Waals surface area contributed by atoms with Crippen molar-refractivity contribution in [2.24, 2.45) is 11.7 Å². The predicted molar refractivity (Wildman–Crippen MR) is 91.1 cm³/mol. The van der Waals surface area contributed by atoms with Crippen LogP contribution in [0, 0.1) is 5.92 Å². The highest BCUT2D eigenvalue weighted by Gasteiger charge is 2.28. The van der Waals surface area contributed by atoms with Gasteiger partial charge >= 0.3 is 0 Å². The smallest absolute Gasteiger partial charge is 0.257 e. The summed E-state index contributed by atoms with van der Waals surface area (Å²) in [5, 5.41) is 2.84. The first-order chi connectivity index (χ1) is 11.2. The van der Waals surface area contributed by atoms with Gasteiger partial charge in [-0.3, -0.25) is 4.79 Å². The van der Waals surface area contributed by atoms with Crippen LogP contribution in [0.25, 0.3) is 11.1 Å². The van der Waals surface area contributed by atoms with Crippen LogP contribution in [0.3, 0.4) is 0 Å². The standard InChI is InChI=1S/C19H22N2O2/c20-17(15-10-11-15)12-21-19(22)13-23-18-9-5-4-8-16(18)14-6-2-1-3-7-14/h1-9,15,17H,10-13,20H2,(H,21,22). The van der Waals surface area contributed by atoms with Crippen LogP contribution in [-0.2, 0) is 4.79 Å². The molecule has 1 aliphatic rings. The molecule has 0 saturated heterocycles. The Morgan fingerprint density at radius 1 is 1.13 bits per heavy atom. The number of ether oxygens (including phenoxy) is 1. The Bertz CT molecular complexity index is 653. The van der Waals surface area contributed by atoms with Gasteiger partial charge in [0.25, 0.3) is 5.91 Å². The third-order valence-electron chi connectivity index (χ3n) is 4.09. The van der Waals surface area contributed by atoms with Gasteiger partial charge < -0.3 is 15.8 Å². The van der Waals surface area contributed by atoms with Crippen LogP contribution in [0.15, 0.2) is 54.6 Å². The first-order valence-corrected chi connectivity index (χ1v) is 8.03. The topological polar surface area (TPSA) is 64.3 Å². The highest BCUT2D eigenvalue weighted by atomic mass is 16.5. The zero-order valence-electron chi connectivity index (χ0n) is 13.1. The maximum absolute atomic E-state index is 11.9. The Hall–Kier alpha value is -2.33. The number of rotatable bonds is 7. The van der Waals surface area contributed by atoms with Gasteiger partial charge in [0.1, 0.15) is 5.75 Å². The molecule has 2 aromatic rings. The number of amides is 1. The highest BCUT2D eigenvalue weighted by molar-refractivity contribution is 5.78. The van der Waals surface area contributed by atoms with E-state index in [9.17, 15) is 4.79 Å². The summed E-state index contributed by atoms with van der Waals surface area (Å²) in [6, 6.07) is 17.8. The number of benzene rings is 2. The van der Waals surface area contributed by atoms with Gasteiger partial charge in [-0.15, -0.1) is 0 Å². The number of carbonyl (C=O) groups is 1. The molecule has 0 heterocycles. The molecule has 1 amide bonds. The summed E-state index contributed by atoms with van der Waals surface area (Å²) in [7, 11) is 0. The predicted octanol–water partition coefficient (Wildman–Crippen LogP) is 2.59. The van der Waals surface area contributed by atoms with Gasteiger partial charge in [0.15, 0.2) is 6.61 Å². The lowest BCUT2D eigenvalue weighted by molar-refractivity contribution is -0.123. The van der Waals surface area contributed by atoms with Crippen molar-refractivity contribution >= 4 is 5.91 Å². The van der Waals surface area contributed by atoms with Gasteiger partial charge in [-0.2, -0.15) is 0 Å². The molecule has 4 heteroatoms. The number of nitrogens with one attached hydrogen (secondary N) is 1. The minimum atomic E-state index is -0.135. The summed E-state index contributed by atoms with van der Waals surface area (Å²) < 4.78 is 5.71. The van der Waals surface area contributed by atoms with Crippen molar-refractivity contribution in [2.75, 3.05) is 13.2 Å².